The van der Waals surface area contributed by atoms with E-state index < -0.39 is 12.4 Å². The maximum absolute atomic E-state index is 2.47. The molecule has 1 aliphatic carbocycles. The molecule has 0 aromatic carbocycles. The normalized spacial score (nSPS) is 22.2. The van der Waals surface area contributed by atoms with Crippen molar-refractivity contribution >= 4 is 12.4 Å². The van der Waals surface area contributed by atoms with Crippen LogP contribution in [0.15, 0.2) is 22.4 Å². The van der Waals surface area contributed by atoms with Crippen molar-refractivity contribution in [2.75, 3.05) is 0 Å². The first kappa shape index (κ1) is 12.4. The summed E-state index contributed by atoms with van der Waals surface area (Å²) < 4.78 is 1.69. The molecule has 0 unspecified atom stereocenters. The van der Waals surface area contributed by atoms with Crippen molar-refractivity contribution in [1.82, 2.24) is 0 Å². The Morgan fingerprint density at radius 1 is 1.08 bits per heavy atom. The molecule has 1 rings (SSSR count). The van der Waals surface area contributed by atoms with Gasteiger partial charge < -0.3 is 0 Å². The zero-order chi connectivity index (χ0) is 8.81. The van der Waals surface area contributed by atoms with E-state index in [1.54, 1.807) is 4.17 Å². The van der Waals surface area contributed by atoms with E-state index in [2.05, 4.69) is 45.8 Å². The summed E-state index contributed by atoms with van der Waals surface area (Å²) in [6, 6.07) is 0. The van der Waals surface area contributed by atoms with Gasteiger partial charge in [0.15, 0.2) is 0 Å². The third kappa shape index (κ3) is 3.03. The van der Waals surface area contributed by atoms with Gasteiger partial charge in [-0.2, -0.15) is 0 Å². The first-order valence-corrected chi connectivity index (χ1v) is 13.2. The van der Waals surface area contributed by atoms with Gasteiger partial charge in [0.05, 0.1) is 0 Å². The fraction of sp³-hybridized carbons (Fsp3) is 0.600. The Morgan fingerprint density at radius 2 is 1.58 bits per heavy atom. The first-order valence-electron chi connectivity index (χ1n) is 3.66. The van der Waals surface area contributed by atoms with Crippen LogP contribution in [-0.2, 0) is 12.4 Å². The van der Waals surface area contributed by atoms with Gasteiger partial charge in [-0.3, -0.25) is 0 Å². The van der Waals surface area contributed by atoms with Crippen molar-refractivity contribution < 1.29 is 12.4 Å². The first-order chi connectivity index (χ1) is 4.59. The quantitative estimate of drug-likeness (QED) is 0.609. The molecule has 0 saturated carbocycles. The Balaban J connectivity index is 0.00000121. The zero-order valence-corrected chi connectivity index (χ0v) is 11.3. The minimum atomic E-state index is -2.47. The molecule has 0 saturated heterocycles. The molecular formula is C10H21ClRu. The van der Waals surface area contributed by atoms with E-state index in [9.17, 15) is 0 Å². The monoisotopic (exact) mass is 278 g/mol. The second kappa shape index (κ2) is 2.45. The van der Waals surface area contributed by atoms with Crippen LogP contribution in [0.5, 0.6) is 0 Å². The molecule has 0 aromatic rings. The number of hydrogen-bond donors (Lipinski definition) is 0. The van der Waals surface area contributed by atoms with Crippen LogP contribution in [0.3, 0.4) is 0 Å². The number of allylic oxidation sites excluding steroid dienone is 4. The van der Waals surface area contributed by atoms with Crippen molar-refractivity contribution in [3.8, 4) is 0 Å². The van der Waals surface area contributed by atoms with Gasteiger partial charge in [0, 0.05) is 0 Å². The maximum atomic E-state index is 2.47. The van der Waals surface area contributed by atoms with Crippen LogP contribution in [0, 0.1) is 0 Å². The molecular weight excluding hydrogens is 257 g/mol. The van der Waals surface area contributed by atoms with Crippen LogP contribution in [0.2, 0.25) is 27.6 Å². The van der Waals surface area contributed by atoms with Gasteiger partial charge in [-0.1, -0.05) is 0 Å². The topological polar surface area (TPSA) is 0 Å². The molecule has 0 aromatic heterocycles. The van der Waals surface area contributed by atoms with E-state index >= 15 is 0 Å². The predicted molar refractivity (Wildman–Crippen MR) is 58.4 cm³/mol. The number of halogens is 1. The summed E-state index contributed by atoms with van der Waals surface area (Å²) in [5.74, 6) is 0. The standard InChI is InChI=1S/C5H5.5CH3.ClH.Ru/c1-2-4-5-3-1;;;;;;;/h1-3H,4H2;5*1H3;1H;. The van der Waals surface area contributed by atoms with Crippen LogP contribution in [0.4, 0.5) is 0 Å². The molecule has 0 aliphatic heterocycles. The Bertz CT molecular complexity index is 237. The summed E-state index contributed by atoms with van der Waals surface area (Å²) in [6.07, 6.45) is 7.97. The van der Waals surface area contributed by atoms with Gasteiger partial charge in [0.2, 0.25) is 0 Å². The number of rotatable bonds is 1. The third-order valence-corrected chi connectivity index (χ3v) is 8.08. The van der Waals surface area contributed by atoms with Gasteiger partial charge in [-0.15, -0.1) is 12.4 Å². The summed E-state index contributed by atoms with van der Waals surface area (Å²) in [5.41, 5.74) is 12.4. The number of hydrogen-bond acceptors (Lipinski definition) is 0. The van der Waals surface area contributed by atoms with E-state index in [0.29, 0.717) is 0 Å². The molecule has 0 fully saturated rings. The van der Waals surface area contributed by atoms with E-state index in [4.69, 9.17) is 0 Å². The van der Waals surface area contributed by atoms with Crippen molar-refractivity contribution in [2.24, 2.45) is 0 Å². The van der Waals surface area contributed by atoms with Crippen molar-refractivity contribution in [3.05, 3.63) is 22.4 Å². The average molecular weight is 278 g/mol. The summed E-state index contributed by atoms with van der Waals surface area (Å²) in [6.45, 7) is 0. The van der Waals surface area contributed by atoms with Gasteiger partial charge in [-0.25, -0.2) is 0 Å². The molecule has 1 aliphatic rings. The summed E-state index contributed by atoms with van der Waals surface area (Å²) in [4.78, 5) is 0. The Hall–Kier alpha value is 0.393. The Morgan fingerprint density at radius 3 is 1.75 bits per heavy atom. The average Bonchev–Trinajstić information content (AvgIpc) is 2.01. The van der Waals surface area contributed by atoms with E-state index in [1.165, 1.54) is 6.42 Å². The summed E-state index contributed by atoms with van der Waals surface area (Å²) in [7, 11) is 0. The van der Waals surface area contributed by atoms with Crippen LogP contribution in [0.25, 0.3) is 0 Å². The minimum absolute atomic E-state index is 0. The van der Waals surface area contributed by atoms with Crippen LogP contribution in [0.1, 0.15) is 6.42 Å². The predicted octanol–water partition coefficient (Wildman–Crippen LogP) is 4.72. The summed E-state index contributed by atoms with van der Waals surface area (Å²) in [5, 5.41) is 0. The Labute approximate surface area is 81.2 Å². The van der Waals surface area contributed by atoms with Crippen LogP contribution >= 0.6 is 12.4 Å². The molecule has 76 valence electrons. The fourth-order valence-electron chi connectivity index (χ4n) is 1.07. The second-order valence-electron chi connectivity index (χ2n) is 5.65. The molecule has 0 heterocycles. The second-order valence-corrected chi connectivity index (χ2v) is 28.5. The van der Waals surface area contributed by atoms with Crippen LogP contribution in [-0.4, -0.2) is 0 Å². The van der Waals surface area contributed by atoms with Crippen molar-refractivity contribution in [1.29, 1.82) is 0 Å². The van der Waals surface area contributed by atoms with Crippen LogP contribution < -0.4 is 0 Å². The SMILES string of the molecule is Cl.[CH3][Ru]([CH3])([CH3])([CH3])([CH3])[C]1=CC=CC1. The van der Waals surface area contributed by atoms with E-state index in [-0.39, 0.29) is 12.4 Å². The van der Waals surface area contributed by atoms with Gasteiger partial charge in [0.25, 0.3) is 0 Å². The van der Waals surface area contributed by atoms with Gasteiger partial charge >= 0.3 is 68.8 Å². The molecule has 0 spiro atoms. The molecule has 0 atom stereocenters. The van der Waals surface area contributed by atoms with Gasteiger partial charge in [0.1, 0.15) is 0 Å². The van der Waals surface area contributed by atoms with E-state index in [1.807, 2.05) is 0 Å². The third-order valence-electron chi connectivity index (χ3n) is 1.85. The molecule has 0 amide bonds. The molecule has 0 radical (unpaired) electrons. The van der Waals surface area contributed by atoms with E-state index in [0.717, 1.165) is 0 Å². The molecule has 0 bridgehead atoms. The van der Waals surface area contributed by atoms with Gasteiger partial charge in [-0.05, 0) is 0 Å². The fourth-order valence-corrected chi connectivity index (χ4v) is 4.67. The summed E-state index contributed by atoms with van der Waals surface area (Å²) >= 11 is -2.47. The molecule has 12 heavy (non-hydrogen) atoms. The molecule has 0 nitrogen and oxygen atoms in total. The zero-order valence-electron chi connectivity index (χ0n) is 8.70. The molecule has 2 heteroatoms. The van der Waals surface area contributed by atoms with Crippen molar-refractivity contribution in [3.63, 3.8) is 0 Å². The molecule has 0 N–H and O–H groups in total. The van der Waals surface area contributed by atoms with Crippen molar-refractivity contribution in [2.45, 2.75) is 34.0 Å². The Kier molecular flexibility index (Phi) is 2.53.